The zero-order valence-electron chi connectivity index (χ0n) is 13.1. The molecule has 0 spiro atoms. The zero-order chi connectivity index (χ0) is 15.1. The van der Waals surface area contributed by atoms with Gasteiger partial charge in [-0.15, -0.1) is 0 Å². The van der Waals surface area contributed by atoms with Crippen molar-refractivity contribution in [2.75, 3.05) is 39.2 Å². The van der Waals surface area contributed by atoms with E-state index in [-0.39, 0.29) is 6.10 Å². The van der Waals surface area contributed by atoms with E-state index in [4.69, 9.17) is 9.47 Å². The second-order valence-electron chi connectivity index (χ2n) is 6.27. The lowest BCUT2D eigenvalue weighted by atomic mass is 9.91. The zero-order valence-corrected chi connectivity index (χ0v) is 13.9. The van der Waals surface area contributed by atoms with Gasteiger partial charge in [-0.2, -0.15) is 4.31 Å². The molecule has 21 heavy (non-hydrogen) atoms. The number of rotatable bonds is 7. The number of nitrogens with zero attached hydrogens (tertiary/aromatic N) is 1. The van der Waals surface area contributed by atoms with Gasteiger partial charge in [0, 0.05) is 20.2 Å². The van der Waals surface area contributed by atoms with Crippen molar-refractivity contribution in [3.05, 3.63) is 0 Å². The summed E-state index contributed by atoms with van der Waals surface area (Å²) in [6, 6.07) is 0. The van der Waals surface area contributed by atoms with E-state index in [9.17, 15) is 8.42 Å². The van der Waals surface area contributed by atoms with Gasteiger partial charge in [0.15, 0.2) is 0 Å². The van der Waals surface area contributed by atoms with Crippen LogP contribution in [-0.4, -0.2) is 58.0 Å². The molecule has 2 rings (SSSR count). The first kappa shape index (κ1) is 17.2. The topological polar surface area (TPSA) is 55.8 Å². The van der Waals surface area contributed by atoms with Crippen molar-refractivity contribution in [3.63, 3.8) is 0 Å². The van der Waals surface area contributed by atoms with Crippen LogP contribution in [0.2, 0.25) is 0 Å². The third-order valence-electron chi connectivity index (χ3n) is 4.55. The number of methoxy groups -OCH3 is 1. The summed E-state index contributed by atoms with van der Waals surface area (Å²) in [4.78, 5) is 0. The van der Waals surface area contributed by atoms with Crippen LogP contribution in [0.3, 0.4) is 0 Å². The normalized spacial score (nSPS) is 26.0. The Balaban J connectivity index is 1.83. The van der Waals surface area contributed by atoms with Gasteiger partial charge < -0.3 is 9.47 Å². The summed E-state index contributed by atoms with van der Waals surface area (Å²) in [5.74, 6) is 0.691. The average molecular weight is 319 g/mol. The van der Waals surface area contributed by atoms with E-state index in [0.717, 1.165) is 25.7 Å². The Hall–Kier alpha value is -0.170. The second-order valence-corrected chi connectivity index (χ2v) is 8.28. The first-order valence-corrected chi connectivity index (χ1v) is 9.81. The fourth-order valence-electron chi connectivity index (χ4n) is 3.35. The Morgan fingerprint density at radius 2 is 1.81 bits per heavy atom. The highest BCUT2D eigenvalue weighted by Gasteiger charge is 2.31. The van der Waals surface area contributed by atoms with Gasteiger partial charge in [-0.05, 0) is 31.6 Å². The Labute approximate surface area is 129 Å². The molecule has 6 heteroatoms. The first-order valence-electron chi connectivity index (χ1n) is 8.20. The van der Waals surface area contributed by atoms with Crippen molar-refractivity contribution in [1.82, 2.24) is 4.31 Å². The van der Waals surface area contributed by atoms with Crippen LogP contribution in [0.5, 0.6) is 0 Å². The van der Waals surface area contributed by atoms with Crippen molar-refractivity contribution in [2.24, 2.45) is 5.92 Å². The third-order valence-corrected chi connectivity index (χ3v) is 6.56. The quantitative estimate of drug-likeness (QED) is 0.674. The Bertz CT molecular complexity index is 392. The van der Waals surface area contributed by atoms with Gasteiger partial charge in [-0.1, -0.05) is 19.3 Å². The van der Waals surface area contributed by atoms with Crippen LogP contribution in [0.15, 0.2) is 0 Å². The van der Waals surface area contributed by atoms with Crippen LogP contribution >= 0.6 is 0 Å². The molecule has 5 nitrogen and oxygen atoms in total. The molecule has 0 radical (unpaired) electrons. The van der Waals surface area contributed by atoms with Crippen LogP contribution in [0.4, 0.5) is 0 Å². The summed E-state index contributed by atoms with van der Waals surface area (Å²) in [7, 11) is -1.48. The van der Waals surface area contributed by atoms with Gasteiger partial charge in [-0.25, -0.2) is 8.42 Å². The first-order chi connectivity index (χ1) is 10.1. The minimum Gasteiger partial charge on any atom is -0.382 e. The molecule has 124 valence electrons. The maximum atomic E-state index is 12.6. The molecule has 0 aromatic carbocycles. The molecule has 0 N–H and O–H groups in total. The van der Waals surface area contributed by atoms with Crippen LogP contribution in [0, 0.1) is 5.92 Å². The largest absolute Gasteiger partial charge is 0.382 e. The smallest absolute Gasteiger partial charge is 0.214 e. The molecular weight excluding hydrogens is 290 g/mol. The van der Waals surface area contributed by atoms with E-state index in [2.05, 4.69) is 0 Å². The summed E-state index contributed by atoms with van der Waals surface area (Å²) >= 11 is 0. The third kappa shape index (κ3) is 5.51. The molecule has 1 heterocycles. The summed E-state index contributed by atoms with van der Waals surface area (Å²) in [6.45, 7) is 2.26. The van der Waals surface area contributed by atoms with Gasteiger partial charge in [0.05, 0.1) is 25.1 Å². The molecule has 1 unspecified atom stereocenters. The molecular formula is C15H29NO4S. The SMILES string of the molecule is COCCOC1CCCN(S(=O)(=O)CC2CCCCC2)C1. The van der Waals surface area contributed by atoms with Gasteiger partial charge in [0.2, 0.25) is 10.0 Å². The molecule has 1 aliphatic carbocycles. The molecule has 1 atom stereocenters. The van der Waals surface area contributed by atoms with Crippen LogP contribution in [0.1, 0.15) is 44.9 Å². The van der Waals surface area contributed by atoms with Gasteiger partial charge in [0.25, 0.3) is 0 Å². The molecule has 1 aliphatic heterocycles. The molecule has 0 aromatic heterocycles. The van der Waals surface area contributed by atoms with Crippen molar-refractivity contribution in [3.8, 4) is 0 Å². The van der Waals surface area contributed by atoms with Crippen LogP contribution in [0.25, 0.3) is 0 Å². The maximum absolute atomic E-state index is 12.6. The van der Waals surface area contributed by atoms with Crippen molar-refractivity contribution >= 4 is 10.0 Å². The Morgan fingerprint density at radius 3 is 2.52 bits per heavy atom. The predicted octanol–water partition coefficient (Wildman–Crippen LogP) is 2.02. The summed E-state index contributed by atoms with van der Waals surface area (Å²) in [5, 5.41) is 0. The maximum Gasteiger partial charge on any atom is 0.214 e. The summed E-state index contributed by atoms with van der Waals surface area (Å²) < 4.78 is 37.5. The second kappa shape index (κ2) is 8.46. The lowest BCUT2D eigenvalue weighted by molar-refractivity contribution is -0.00658. The minimum absolute atomic E-state index is 0.0232. The molecule has 1 saturated carbocycles. The number of ether oxygens (including phenoxy) is 2. The molecule has 0 aromatic rings. The fraction of sp³-hybridized carbons (Fsp3) is 1.00. The van der Waals surface area contributed by atoms with Gasteiger partial charge in [0.1, 0.15) is 0 Å². The van der Waals surface area contributed by atoms with E-state index < -0.39 is 10.0 Å². The van der Waals surface area contributed by atoms with Crippen molar-refractivity contribution in [2.45, 2.75) is 51.0 Å². The lowest BCUT2D eigenvalue weighted by Crippen LogP contribution is -2.45. The van der Waals surface area contributed by atoms with Crippen molar-refractivity contribution in [1.29, 1.82) is 0 Å². The van der Waals surface area contributed by atoms with E-state index in [1.807, 2.05) is 0 Å². The van der Waals surface area contributed by atoms with Crippen LogP contribution in [-0.2, 0) is 19.5 Å². The molecule has 2 aliphatic rings. The molecule has 1 saturated heterocycles. The number of hydrogen-bond donors (Lipinski definition) is 0. The van der Waals surface area contributed by atoms with Crippen molar-refractivity contribution < 1.29 is 17.9 Å². The highest BCUT2D eigenvalue weighted by atomic mass is 32.2. The fourth-order valence-corrected chi connectivity index (χ4v) is 5.29. The predicted molar refractivity (Wildman–Crippen MR) is 82.8 cm³/mol. The van der Waals surface area contributed by atoms with Gasteiger partial charge in [-0.3, -0.25) is 0 Å². The summed E-state index contributed by atoms with van der Waals surface area (Å²) in [5.41, 5.74) is 0. The molecule has 0 amide bonds. The van der Waals surface area contributed by atoms with E-state index in [1.54, 1.807) is 11.4 Å². The Morgan fingerprint density at radius 1 is 1.05 bits per heavy atom. The number of sulfonamides is 1. The van der Waals surface area contributed by atoms with E-state index in [0.29, 0.717) is 38.0 Å². The minimum atomic E-state index is -3.12. The van der Waals surface area contributed by atoms with E-state index in [1.165, 1.54) is 19.3 Å². The standard InChI is InChI=1S/C15H29NO4S/c1-19-10-11-20-15-8-5-9-16(12-15)21(17,18)13-14-6-3-2-4-7-14/h14-15H,2-13H2,1H3. The highest BCUT2D eigenvalue weighted by molar-refractivity contribution is 7.89. The highest BCUT2D eigenvalue weighted by Crippen LogP contribution is 2.27. The molecule has 2 fully saturated rings. The van der Waals surface area contributed by atoms with E-state index >= 15 is 0 Å². The number of piperidine rings is 1. The average Bonchev–Trinajstić information content (AvgIpc) is 2.48. The number of hydrogen-bond acceptors (Lipinski definition) is 4. The molecule has 0 bridgehead atoms. The lowest BCUT2D eigenvalue weighted by Gasteiger charge is -2.33. The van der Waals surface area contributed by atoms with Crippen LogP contribution < -0.4 is 0 Å². The summed E-state index contributed by atoms with van der Waals surface area (Å²) in [6.07, 6.45) is 7.62. The van der Waals surface area contributed by atoms with Gasteiger partial charge >= 0.3 is 0 Å². The Kier molecular flexibility index (Phi) is 6.92. The monoisotopic (exact) mass is 319 g/mol.